The number of ether oxygens (including phenoxy) is 1. The third-order valence-corrected chi connectivity index (χ3v) is 7.65. The zero-order valence-corrected chi connectivity index (χ0v) is 26.1. The van der Waals surface area contributed by atoms with Crippen LogP contribution in [0.3, 0.4) is 0 Å². The summed E-state index contributed by atoms with van der Waals surface area (Å²) in [7, 11) is -4.77. The predicted molar refractivity (Wildman–Crippen MR) is 149 cm³/mol. The van der Waals surface area contributed by atoms with E-state index in [1.807, 2.05) is 0 Å². The maximum absolute atomic E-state index is 13.5. The fourth-order valence-corrected chi connectivity index (χ4v) is 5.47. The minimum absolute atomic E-state index is 0. The number of halogens is 2. The normalized spacial score (nSPS) is 11.4. The Bertz CT molecular complexity index is 1730. The Morgan fingerprint density at radius 1 is 1.02 bits per heavy atom. The maximum Gasteiger partial charge on any atom is 1.00 e. The van der Waals surface area contributed by atoms with E-state index < -0.39 is 26.7 Å². The van der Waals surface area contributed by atoms with Crippen molar-refractivity contribution < 1.29 is 57.2 Å². The van der Waals surface area contributed by atoms with Crippen molar-refractivity contribution in [2.45, 2.75) is 25.2 Å². The fraction of sp³-hybridized carbons (Fsp3) is 0.148. The van der Waals surface area contributed by atoms with Gasteiger partial charge in [0.1, 0.15) is 21.4 Å². The van der Waals surface area contributed by atoms with E-state index >= 15 is 0 Å². The second-order valence-corrected chi connectivity index (χ2v) is 10.4. The molecule has 0 bridgehead atoms. The summed E-state index contributed by atoms with van der Waals surface area (Å²) in [5, 5.41) is 25.0. The zero-order valence-electron chi connectivity index (χ0n) is 21.7. The van der Waals surface area contributed by atoms with Gasteiger partial charge in [-0.05, 0) is 48.6 Å². The number of carbonyl (C=O) groups is 1. The van der Waals surface area contributed by atoms with Crippen LogP contribution in [0.25, 0.3) is 10.8 Å². The van der Waals surface area contributed by atoms with Gasteiger partial charge in [0.15, 0.2) is 0 Å². The molecule has 2 N–H and O–H groups in total. The van der Waals surface area contributed by atoms with Gasteiger partial charge in [-0.2, -0.15) is 13.5 Å². The summed E-state index contributed by atoms with van der Waals surface area (Å²) in [6, 6.07) is 15.8. The number of hydrogen-bond donors (Lipinski definition) is 2. The second kappa shape index (κ2) is 13.3. The molecule has 40 heavy (non-hydrogen) atoms. The van der Waals surface area contributed by atoms with Gasteiger partial charge in [0.25, 0.3) is 16.0 Å². The summed E-state index contributed by atoms with van der Waals surface area (Å²) in [6.45, 7) is 3.93. The molecule has 0 radical (unpaired) electrons. The van der Waals surface area contributed by atoms with E-state index in [-0.39, 0.29) is 62.2 Å². The van der Waals surface area contributed by atoms with E-state index in [2.05, 4.69) is 15.5 Å². The van der Waals surface area contributed by atoms with Crippen LogP contribution < -0.4 is 44.7 Å². The third-order valence-electron chi connectivity index (χ3n) is 5.78. The van der Waals surface area contributed by atoms with Gasteiger partial charge < -0.3 is 15.2 Å². The number of amides is 1. The van der Waals surface area contributed by atoms with Gasteiger partial charge in [-0.3, -0.25) is 9.35 Å². The van der Waals surface area contributed by atoms with Gasteiger partial charge >= 0.3 is 29.6 Å². The van der Waals surface area contributed by atoms with E-state index in [1.54, 1.807) is 62.4 Å². The molecular weight excluding hydrogens is 588 g/mol. The number of nitrogens with zero attached hydrogens (tertiary/aromatic N) is 2. The number of carbonyl (C=O) groups excluding carboxylic acids is 1. The molecule has 4 aromatic carbocycles. The number of fused-ring (bicyclic) bond motifs is 1. The van der Waals surface area contributed by atoms with Crippen molar-refractivity contribution in [3.63, 3.8) is 0 Å². The first-order valence-electron chi connectivity index (χ1n) is 11.7. The van der Waals surface area contributed by atoms with Gasteiger partial charge in [-0.1, -0.05) is 72.3 Å². The molecule has 9 nitrogen and oxygen atoms in total. The molecule has 13 heteroatoms. The molecule has 0 atom stereocenters. The summed E-state index contributed by atoms with van der Waals surface area (Å²) in [6.07, 6.45) is 0.406. The molecular formula is C27H22Cl2N3NaO6S. The molecule has 4 aromatic rings. The van der Waals surface area contributed by atoms with Gasteiger partial charge in [0.05, 0.1) is 23.0 Å². The first-order valence-corrected chi connectivity index (χ1v) is 13.9. The Balaban J connectivity index is 0.00000441. The smallest absolute Gasteiger partial charge is 0.870 e. The molecule has 0 aliphatic carbocycles. The van der Waals surface area contributed by atoms with Crippen molar-refractivity contribution in [1.29, 1.82) is 0 Å². The molecule has 0 heterocycles. The topological polar surface area (TPSA) is 140 Å². The number of nitrogens with one attached hydrogen (secondary N) is 1. The Labute approximate surface area is 263 Å². The Morgan fingerprint density at radius 2 is 1.75 bits per heavy atom. The van der Waals surface area contributed by atoms with E-state index in [4.69, 9.17) is 27.9 Å². The summed E-state index contributed by atoms with van der Waals surface area (Å²) in [5.74, 6) is -1.13. The van der Waals surface area contributed by atoms with Crippen molar-refractivity contribution in [2.75, 3.05) is 11.9 Å². The molecule has 0 aliphatic rings. The van der Waals surface area contributed by atoms with E-state index in [0.29, 0.717) is 35.1 Å². The van der Waals surface area contributed by atoms with Gasteiger partial charge in [0.2, 0.25) is 0 Å². The van der Waals surface area contributed by atoms with Crippen LogP contribution in [-0.2, 0) is 16.5 Å². The predicted octanol–water partition coefficient (Wildman–Crippen LogP) is 4.10. The Kier molecular flexibility index (Phi) is 10.6. The molecule has 0 saturated carbocycles. The minimum Gasteiger partial charge on any atom is -0.870 e. The number of aryl methyl sites for hydroxylation is 1. The molecule has 4 rings (SSSR count). The van der Waals surface area contributed by atoms with Crippen LogP contribution in [0.15, 0.2) is 75.8 Å². The quantitative estimate of drug-likeness (QED) is 0.175. The zero-order chi connectivity index (χ0) is 28.3. The van der Waals surface area contributed by atoms with Crippen molar-refractivity contribution in [3.05, 3.63) is 81.8 Å². The molecule has 1 amide bonds. The summed E-state index contributed by atoms with van der Waals surface area (Å²) >= 11 is 12.6. The Hall–Kier alpha value is -2.70. The van der Waals surface area contributed by atoms with E-state index in [9.17, 15) is 22.9 Å². The summed E-state index contributed by atoms with van der Waals surface area (Å²) < 4.78 is 39.4. The van der Waals surface area contributed by atoms with Crippen LogP contribution in [0, 0.1) is 0 Å². The molecule has 202 valence electrons. The third kappa shape index (κ3) is 6.60. The van der Waals surface area contributed by atoms with Crippen molar-refractivity contribution in [3.8, 4) is 11.5 Å². The van der Waals surface area contributed by atoms with Crippen molar-refractivity contribution in [2.24, 2.45) is 10.2 Å². The first-order chi connectivity index (χ1) is 18.6. The number of hydrogen-bond acceptors (Lipinski definition) is 7. The molecule has 0 aliphatic heterocycles. The summed E-state index contributed by atoms with van der Waals surface area (Å²) in [4.78, 5) is 12.6. The largest absolute Gasteiger partial charge is 1.00 e. The SMILES string of the molecule is CCOc1cccc(NC(=O)c2cc3ccccc3c(N=Nc3ccc(CC)c(Cl)c3S(=O)(=O)O)c2[O-])c1Cl.[Na+]. The molecule has 0 aromatic heterocycles. The molecule has 0 spiro atoms. The van der Waals surface area contributed by atoms with Crippen LogP contribution in [-0.4, -0.2) is 25.5 Å². The molecule has 0 fully saturated rings. The fourth-order valence-electron chi connectivity index (χ4n) is 3.93. The van der Waals surface area contributed by atoms with Crippen LogP contribution >= 0.6 is 23.2 Å². The van der Waals surface area contributed by atoms with Crippen molar-refractivity contribution >= 4 is 67.1 Å². The maximum atomic E-state index is 13.5. The number of anilines is 1. The average molecular weight is 610 g/mol. The second-order valence-electron chi connectivity index (χ2n) is 8.24. The monoisotopic (exact) mass is 609 g/mol. The van der Waals surface area contributed by atoms with Crippen LogP contribution in [0.2, 0.25) is 10.0 Å². The minimum atomic E-state index is -4.77. The molecule has 0 unspecified atom stereocenters. The van der Waals surface area contributed by atoms with Crippen LogP contribution in [0.1, 0.15) is 29.8 Å². The molecule has 0 saturated heterocycles. The number of benzene rings is 4. The standard InChI is InChI=1S/C27H23Cl2N3O6S.Na/c1-3-15-12-13-20(26(22(15)28)39(35,36)37)31-32-24-17-9-6-5-8-16(17)14-18(25(24)33)27(34)30-19-10-7-11-21(23(19)29)38-4-2;/h5-14,33H,3-4H2,1-2H3,(H,30,34)(H,35,36,37);/q;+1/p-1. The van der Waals surface area contributed by atoms with Gasteiger partial charge in [0, 0.05) is 10.9 Å². The Morgan fingerprint density at radius 3 is 2.42 bits per heavy atom. The number of azo groups is 1. The van der Waals surface area contributed by atoms with Gasteiger partial charge in [-0.25, -0.2) is 0 Å². The van der Waals surface area contributed by atoms with E-state index in [1.165, 1.54) is 12.1 Å². The van der Waals surface area contributed by atoms with Crippen LogP contribution in [0.5, 0.6) is 11.5 Å². The summed E-state index contributed by atoms with van der Waals surface area (Å²) in [5.41, 5.74) is 0.00703. The van der Waals surface area contributed by atoms with Crippen molar-refractivity contribution in [1.82, 2.24) is 0 Å². The first kappa shape index (κ1) is 31.8. The van der Waals surface area contributed by atoms with Gasteiger partial charge in [-0.15, -0.1) is 5.11 Å². The van der Waals surface area contributed by atoms with Crippen LogP contribution in [0.4, 0.5) is 17.1 Å². The number of rotatable bonds is 8. The average Bonchev–Trinajstić information content (AvgIpc) is 2.89. The van der Waals surface area contributed by atoms with E-state index in [0.717, 1.165) is 0 Å².